The van der Waals surface area contributed by atoms with Crippen LogP contribution in [0.2, 0.25) is 0 Å². The van der Waals surface area contributed by atoms with Crippen LogP contribution < -0.4 is 0 Å². The van der Waals surface area contributed by atoms with E-state index in [0.717, 1.165) is 37.1 Å². The van der Waals surface area contributed by atoms with E-state index in [1.807, 2.05) is 41.0 Å². The van der Waals surface area contributed by atoms with Gasteiger partial charge in [0.25, 0.3) is 5.91 Å². The van der Waals surface area contributed by atoms with Crippen LogP contribution in [0.3, 0.4) is 0 Å². The molecule has 0 radical (unpaired) electrons. The fraction of sp³-hybridized carbons (Fsp3) is 0.429. The van der Waals surface area contributed by atoms with E-state index in [0.29, 0.717) is 25.3 Å². The van der Waals surface area contributed by atoms with E-state index in [9.17, 15) is 9.59 Å². The maximum absolute atomic E-state index is 13.2. The lowest BCUT2D eigenvalue weighted by Gasteiger charge is -2.39. The summed E-state index contributed by atoms with van der Waals surface area (Å²) in [6.45, 7) is 4.38. The van der Waals surface area contributed by atoms with E-state index in [4.69, 9.17) is 0 Å². The van der Waals surface area contributed by atoms with Crippen LogP contribution in [0.4, 0.5) is 0 Å². The molecule has 2 aromatic heterocycles. The van der Waals surface area contributed by atoms with E-state index >= 15 is 0 Å². The standard InChI is InChI=1S/C21H24N4O2/c1-16-5-2-7-18(23-16)19(26)25-11-4-8-21(15-25)9-12-24(20(21)27)14-17-6-3-10-22-13-17/h2-3,5-7,10,13H,4,8-9,11-12,14-15H2,1H3/t21-/m1/s1. The Labute approximate surface area is 159 Å². The number of nitrogens with zero attached hydrogens (tertiary/aromatic N) is 4. The first-order valence-corrected chi connectivity index (χ1v) is 9.49. The van der Waals surface area contributed by atoms with E-state index < -0.39 is 5.41 Å². The molecule has 0 unspecified atom stereocenters. The normalized spacial score (nSPS) is 22.5. The van der Waals surface area contributed by atoms with Crippen LogP contribution in [0, 0.1) is 12.3 Å². The van der Waals surface area contributed by atoms with Crippen LogP contribution in [0.1, 0.15) is 41.0 Å². The van der Waals surface area contributed by atoms with Crippen LogP contribution in [-0.4, -0.2) is 51.2 Å². The Bertz CT molecular complexity index is 854. The first kappa shape index (κ1) is 17.6. The van der Waals surface area contributed by atoms with Gasteiger partial charge in [0.15, 0.2) is 0 Å². The average Bonchev–Trinajstić information content (AvgIpc) is 2.98. The monoisotopic (exact) mass is 364 g/mol. The Hall–Kier alpha value is -2.76. The Morgan fingerprint density at radius 3 is 2.85 bits per heavy atom. The van der Waals surface area contributed by atoms with Gasteiger partial charge in [0.1, 0.15) is 5.69 Å². The maximum atomic E-state index is 13.2. The highest BCUT2D eigenvalue weighted by Crippen LogP contribution is 2.40. The van der Waals surface area contributed by atoms with Gasteiger partial charge in [-0.1, -0.05) is 12.1 Å². The summed E-state index contributed by atoms with van der Waals surface area (Å²) >= 11 is 0. The van der Waals surface area contributed by atoms with Gasteiger partial charge in [0.05, 0.1) is 5.41 Å². The van der Waals surface area contributed by atoms with Gasteiger partial charge in [-0.05, 0) is 49.9 Å². The number of likely N-dealkylation sites (tertiary alicyclic amines) is 2. The van der Waals surface area contributed by atoms with Gasteiger partial charge in [0, 0.05) is 44.3 Å². The molecule has 0 aromatic carbocycles. The molecule has 140 valence electrons. The van der Waals surface area contributed by atoms with Gasteiger partial charge in [-0.3, -0.25) is 14.6 Å². The molecule has 2 aromatic rings. The fourth-order valence-electron chi connectivity index (χ4n) is 4.26. The number of amides is 2. The predicted molar refractivity (Wildman–Crippen MR) is 101 cm³/mol. The minimum Gasteiger partial charge on any atom is -0.338 e. The number of pyridine rings is 2. The van der Waals surface area contributed by atoms with Crippen molar-refractivity contribution in [3.63, 3.8) is 0 Å². The Morgan fingerprint density at radius 2 is 2.07 bits per heavy atom. The number of carbonyl (C=O) groups is 2. The second-order valence-electron chi connectivity index (χ2n) is 7.61. The number of aromatic nitrogens is 2. The summed E-state index contributed by atoms with van der Waals surface area (Å²) in [6, 6.07) is 9.37. The number of carbonyl (C=O) groups excluding carboxylic acids is 2. The third-order valence-corrected chi connectivity index (χ3v) is 5.67. The number of piperidine rings is 1. The molecule has 1 atom stereocenters. The lowest BCUT2D eigenvalue weighted by molar-refractivity contribution is -0.138. The fourth-order valence-corrected chi connectivity index (χ4v) is 4.26. The van der Waals surface area contributed by atoms with Gasteiger partial charge in [-0.25, -0.2) is 4.98 Å². The van der Waals surface area contributed by atoms with Crippen molar-refractivity contribution in [3.05, 3.63) is 59.7 Å². The first-order valence-electron chi connectivity index (χ1n) is 9.49. The quantitative estimate of drug-likeness (QED) is 0.839. The van der Waals surface area contributed by atoms with Gasteiger partial charge >= 0.3 is 0 Å². The third-order valence-electron chi connectivity index (χ3n) is 5.67. The zero-order chi connectivity index (χ0) is 18.9. The molecule has 2 saturated heterocycles. The summed E-state index contributed by atoms with van der Waals surface area (Å²) in [5.41, 5.74) is 1.88. The second kappa shape index (κ2) is 7.10. The van der Waals surface area contributed by atoms with Crippen LogP contribution >= 0.6 is 0 Å². The van der Waals surface area contributed by atoms with E-state index in [-0.39, 0.29) is 11.8 Å². The molecule has 0 aliphatic carbocycles. The van der Waals surface area contributed by atoms with Gasteiger partial charge in [0.2, 0.25) is 5.91 Å². The molecule has 2 fully saturated rings. The zero-order valence-electron chi connectivity index (χ0n) is 15.6. The number of hydrogen-bond acceptors (Lipinski definition) is 4. The average molecular weight is 364 g/mol. The summed E-state index contributed by atoms with van der Waals surface area (Å²) in [5, 5.41) is 0. The number of rotatable bonds is 3. The van der Waals surface area contributed by atoms with Crippen LogP contribution in [0.15, 0.2) is 42.7 Å². The predicted octanol–water partition coefficient (Wildman–Crippen LogP) is 2.44. The molecule has 4 rings (SSSR count). The SMILES string of the molecule is Cc1cccc(C(=O)N2CCC[C@@]3(CCN(Cc4cccnc4)C3=O)C2)n1. The van der Waals surface area contributed by atoms with Crippen molar-refractivity contribution in [1.82, 2.24) is 19.8 Å². The van der Waals surface area contributed by atoms with Crippen molar-refractivity contribution in [2.45, 2.75) is 32.7 Å². The Morgan fingerprint density at radius 1 is 1.19 bits per heavy atom. The molecule has 6 nitrogen and oxygen atoms in total. The lowest BCUT2D eigenvalue weighted by Crippen LogP contribution is -2.49. The molecule has 0 saturated carbocycles. The maximum Gasteiger partial charge on any atom is 0.272 e. The highest BCUT2D eigenvalue weighted by molar-refractivity contribution is 5.93. The number of hydrogen-bond donors (Lipinski definition) is 0. The van der Waals surface area contributed by atoms with Crippen LogP contribution in [0.5, 0.6) is 0 Å². The molecule has 27 heavy (non-hydrogen) atoms. The van der Waals surface area contributed by atoms with Crippen LogP contribution in [-0.2, 0) is 11.3 Å². The highest BCUT2D eigenvalue weighted by atomic mass is 16.2. The molecule has 6 heteroatoms. The Kier molecular flexibility index (Phi) is 4.64. The van der Waals surface area contributed by atoms with Crippen molar-refractivity contribution in [1.29, 1.82) is 0 Å². The van der Waals surface area contributed by atoms with Crippen molar-refractivity contribution in [2.24, 2.45) is 5.41 Å². The van der Waals surface area contributed by atoms with E-state index in [1.54, 1.807) is 18.5 Å². The number of aryl methyl sites for hydroxylation is 1. The first-order chi connectivity index (χ1) is 13.1. The summed E-state index contributed by atoms with van der Waals surface area (Å²) in [4.78, 5) is 38.3. The zero-order valence-corrected chi connectivity index (χ0v) is 15.6. The summed E-state index contributed by atoms with van der Waals surface area (Å²) in [5.74, 6) is 0.0948. The van der Waals surface area contributed by atoms with E-state index in [1.165, 1.54) is 0 Å². The molecule has 4 heterocycles. The summed E-state index contributed by atoms with van der Waals surface area (Å²) in [6.07, 6.45) is 6.04. The topological polar surface area (TPSA) is 66.4 Å². The highest BCUT2D eigenvalue weighted by Gasteiger charge is 2.49. The van der Waals surface area contributed by atoms with Crippen molar-refractivity contribution in [3.8, 4) is 0 Å². The molecule has 2 amide bonds. The third kappa shape index (κ3) is 3.44. The lowest BCUT2D eigenvalue weighted by atomic mass is 9.78. The molecule has 0 bridgehead atoms. The second-order valence-corrected chi connectivity index (χ2v) is 7.61. The summed E-state index contributed by atoms with van der Waals surface area (Å²) in [7, 11) is 0. The minimum atomic E-state index is -0.445. The van der Waals surface area contributed by atoms with Gasteiger partial charge in [-0.2, -0.15) is 0 Å². The van der Waals surface area contributed by atoms with E-state index in [2.05, 4.69) is 9.97 Å². The largest absolute Gasteiger partial charge is 0.338 e. The van der Waals surface area contributed by atoms with Crippen molar-refractivity contribution >= 4 is 11.8 Å². The van der Waals surface area contributed by atoms with Crippen LogP contribution in [0.25, 0.3) is 0 Å². The van der Waals surface area contributed by atoms with Crippen molar-refractivity contribution in [2.75, 3.05) is 19.6 Å². The molecule has 1 spiro atoms. The minimum absolute atomic E-state index is 0.0729. The van der Waals surface area contributed by atoms with Gasteiger partial charge < -0.3 is 9.80 Å². The molecular formula is C21H24N4O2. The van der Waals surface area contributed by atoms with Crippen molar-refractivity contribution < 1.29 is 9.59 Å². The molecule has 2 aliphatic heterocycles. The molecular weight excluding hydrogens is 340 g/mol. The molecule has 0 N–H and O–H groups in total. The summed E-state index contributed by atoms with van der Waals surface area (Å²) < 4.78 is 0. The molecule has 2 aliphatic rings. The Balaban J connectivity index is 1.49. The smallest absolute Gasteiger partial charge is 0.272 e. The van der Waals surface area contributed by atoms with Gasteiger partial charge in [-0.15, -0.1) is 0 Å².